The minimum absolute atomic E-state index is 0.232. The molecule has 1 aliphatic rings. The quantitative estimate of drug-likeness (QED) is 0.501. The predicted octanol–water partition coefficient (Wildman–Crippen LogP) is 5.12. The molecule has 0 saturated carbocycles. The standard InChI is InChI=1S/C24H26N2O3/c1-2-3-4-6-18-9-11-19(12-10-18)13-14-23(27)26-21-7-5-8-22-24(21)29-20(15-16-25)17-28-22/h5,7-14,20H,2-4,6,15,17H2,1H3,(H,26,27). The van der Waals surface area contributed by atoms with E-state index in [-0.39, 0.29) is 18.4 Å². The Morgan fingerprint density at radius 1 is 1.24 bits per heavy atom. The Morgan fingerprint density at radius 3 is 2.83 bits per heavy atom. The highest BCUT2D eigenvalue weighted by Gasteiger charge is 2.23. The minimum atomic E-state index is -0.336. The number of carbonyl (C=O) groups excluding carboxylic acids is 1. The molecule has 1 heterocycles. The predicted molar refractivity (Wildman–Crippen MR) is 114 cm³/mol. The first kappa shape index (κ1) is 20.5. The van der Waals surface area contributed by atoms with Gasteiger partial charge in [0.1, 0.15) is 12.7 Å². The van der Waals surface area contributed by atoms with Gasteiger partial charge in [0, 0.05) is 6.08 Å². The van der Waals surface area contributed by atoms with E-state index in [9.17, 15) is 4.79 Å². The van der Waals surface area contributed by atoms with Crippen molar-refractivity contribution in [3.05, 3.63) is 59.7 Å². The number of rotatable bonds is 8. The number of para-hydroxylation sites is 1. The van der Waals surface area contributed by atoms with Gasteiger partial charge in [-0.15, -0.1) is 0 Å². The van der Waals surface area contributed by atoms with Gasteiger partial charge in [-0.1, -0.05) is 50.1 Å². The number of aryl methyl sites for hydroxylation is 1. The summed E-state index contributed by atoms with van der Waals surface area (Å²) in [6, 6.07) is 15.7. The molecule has 1 aliphatic heterocycles. The topological polar surface area (TPSA) is 71.3 Å². The van der Waals surface area contributed by atoms with Crippen molar-refractivity contribution in [3.63, 3.8) is 0 Å². The molecule has 0 aliphatic carbocycles. The van der Waals surface area contributed by atoms with Gasteiger partial charge < -0.3 is 14.8 Å². The maximum atomic E-state index is 12.4. The summed E-state index contributed by atoms with van der Waals surface area (Å²) in [5, 5.41) is 11.7. The fraction of sp³-hybridized carbons (Fsp3) is 0.333. The molecule has 150 valence electrons. The molecule has 1 unspecified atom stereocenters. The highest BCUT2D eigenvalue weighted by atomic mass is 16.6. The molecule has 0 radical (unpaired) electrons. The molecule has 0 fully saturated rings. The molecule has 0 bridgehead atoms. The van der Waals surface area contributed by atoms with E-state index in [1.54, 1.807) is 24.3 Å². The molecule has 1 N–H and O–H groups in total. The molecular weight excluding hydrogens is 364 g/mol. The van der Waals surface area contributed by atoms with Crippen LogP contribution in [0.1, 0.15) is 43.7 Å². The number of benzene rings is 2. The van der Waals surface area contributed by atoms with Crippen molar-refractivity contribution in [1.29, 1.82) is 5.26 Å². The van der Waals surface area contributed by atoms with Gasteiger partial charge in [-0.25, -0.2) is 0 Å². The van der Waals surface area contributed by atoms with Gasteiger partial charge in [0.05, 0.1) is 18.2 Å². The van der Waals surface area contributed by atoms with Crippen LogP contribution in [0.15, 0.2) is 48.5 Å². The molecule has 5 heteroatoms. The zero-order chi connectivity index (χ0) is 20.5. The third-order valence-corrected chi connectivity index (χ3v) is 4.74. The number of hydrogen-bond acceptors (Lipinski definition) is 4. The van der Waals surface area contributed by atoms with E-state index in [0.29, 0.717) is 23.8 Å². The smallest absolute Gasteiger partial charge is 0.248 e. The van der Waals surface area contributed by atoms with Gasteiger partial charge in [-0.3, -0.25) is 4.79 Å². The Labute approximate surface area is 172 Å². The zero-order valence-corrected chi connectivity index (χ0v) is 16.7. The second-order valence-electron chi connectivity index (χ2n) is 7.07. The number of carbonyl (C=O) groups is 1. The highest BCUT2D eigenvalue weighted by Crippen LogP contribution is 2.39. The van der Waals surface area contributed by atoms with Crippen LogP contribution in [-0.2, 0) is 11.2 Å². The summed E-state index contributed by atoms with van der Waals surface area (Å²) >= 11 is 0. The molecule has 29 heavy (non-hydrogen) atoms. The number of nitriles is 1. The van der Waals surface area contributed by atoms with Crippen molar-refractivity contribution in [1.82, 2.24) is 0 Å². The largest absolute Gasteiger partial charge is 0.486 e. The van der Waals surface area contributed by atoms with Gasteiger partial charge in [-0.2, -0.15) is 5.26 Å². The zero-order valence-electron chi connectivity index (χ0n) is 16.7. The summed E-state index contributed by atoms with van der Waals surface area (Å²) in [5.41, 5.74) is 2.83. The van der Waals surface area contributed by atoms with E-state index in [2.05, 4.69) is 30.4 Å². The molecule has 0 spiro atoms. The van der Waals surface area contributed by atoms with Crippen LogP contribution in [0.3, 0.4) is 0 Å². The monoisotopic (exact) mass is 390 g/mol. The van der Waals surface area contributed by atoms with Crippen molar-refractivity contribution in [2.45, 2.75) is 45.1 Å². The van der Waals surface area contributed by atoms with Crippen LogP contribution in [0.2, 0.25) is 0 Å². The first-order chi connectivity index (χ1) is 14.2. The maximum Gasteiger partial charge on any atom is 0.248 e. The van der Waals surface area contributed by atoms with E-state index in [0.717, 1.165) is 12.0 Å². The minimum Gasteiger partial charge on any atom is -0.486 e. The van der Waals surface area contributed by atoms with Crippen LogP contribution < -0.4 is 14.8 Å². The molecule has 1 amide bonds. The summed E-state index contributed by atoms with van der Waals surface area (Å²) in [5.74, 6) is 0.785. The normalized spacial score (nSPS) is 15.1. The van der Waals surface area contributed by atoms with E-state index < -0.39 is 0 Å². The Balaban J connectivity index is 1.60. The van der Waals surface area contributed by atoms with Crippen LogP contribution in [0.4, 0.5) is 5.69 Å². The van der Waals surface area contributed by atoms with Crippen LogP contribution in [0.25, 0.3) is 6.08 Å². The van der Waals surface area contributed by atoms with Crippen molar-refractivity contribution >= 4 is 17.7 Å². The maximum absolute atomic E-state index is 12.4. The summed E-state index contributed by atoms with van der Waals surface area (Å²) in [7, 11) is 0. The lowest BCUT2D eigenvalue weighted by atomic mass is 10.1. The number of unbranched alkanes of at least 4 members (excludes halogenated alkanes) is 2. The Morgan fingerprint density at radius 2 is 2.07 bits per heavy atom. The van der Waals surface area contributed by atoms with Crippen molar-refractivity contribution < 1.29 is 14.3 Å². The number of hydrogen-bond donors (Lipinski definition) is 1. The van der Waals surface area contributed by atoms with E-state index in [4.69, 9.17) is 14.7 Å². The summed E-state index contributed by atoms with van der Waals surface area (Å²) in [4.78, 5) is 12.4. The fourth-order valence-corrected chi connectivity index (χ4v) is 3.16. The summed E-state index contributed by atoms with van der Waals surface area (Å²) in [6.45, 7) is 2.53. The third kappa shape index (κ3) is 5.86. The van der Waals surface area contributed by atoms with Crippen LogP contribution in [0.5, 0.6) is 11.5 Å². The van der Waals surface area contributed by atoms with Gasteiger partial charge in [-0.05, 0) is 42.2 Å². The molecule has 5 nitrogen and oxygen atoms in total. The molecule has 0 saturated heterocycles. The molecule has 2 aromatic carbocycles. The van der Waals surface area contributed by atoms with Gasteiger partial charge in [0.25, 0.3) is 0 Å². The van der Waals surface area contributed by atoms with Gasteiger partial charge >= 0.3 is 0 Å². The number of anilines is 1. The summed E-state index contributed by atoms with van der Waals surface area (Å²) in [6.07, 6.45) is 7.95. The van der Waals surface area contributed by atoms with Crippen LogP contribution in [0, 0.1) is 11.3 Å². The lowest BCUT2D eigenvalue weighted by Gasteiger charge is -2.26. The van der Waals surface area contributed by atoms with E-state index in [1.165, 1.54) is 30.9 Å². The SMILES string of the molecule is CCCCCc1ccc(C=CC(=O)Nc2cccc3c2OC(CC#N)CO3)cc1. The van der Waals surface area contributed by atoms with E-state index in [1.807, 2.05) is 12.1 Å². The lowest BCUT2D eigenvalue weighted by molar-refractivity contribution is -0.111. The van der Waals surface area contributed by atoms with E-state index >= 15 is 0 Å². The Hall–Kier alpha value is -3.26. The Bertz CT molecular complexity index is 897. The molecular formula is C24H26N2O3. The number of nitrogens with one attached hydrogen (secondary N) is 1. The second kappa shape index (κ2) is 10.3. The highest BCUT2D eigenvalue weighted by molar-refractivity contribution is 6.03. The van der Waals surface area contributed by atoms with Gasteiger partial charge in [0.15, 0.2) is 11.5 Å². The van der Waals surface area contributed by atoms with Crippen molar-refractivity contribution in [3.8, 4) is 17.6 Å². The fourth-order valence-electron chi connectivity index (χ4n) is 3.16. The first-order valence-corrected chi connectivity index (χ1v) is 10.1. The number of fused-ring (bicyclic) bond motifs is 1. The molecule has 1 atom stereocenters. The van der Waals surface area contributed by atoms with Crippen molar-refractivity contribution in [2.75, 3.05) is 11.9 Å². The molecule has 2 aromatic rings. The number of ether oxygens (including phenoxy) is 2. The van der Waals surface area contributed by atoms with Gasteiger partial charge in [0.2, 0.25) is 5.91 Å². The van der Waals surface area contributed by atoms with Crippen molar-refractivity contribution in [2.24, 2.45) is 0 Å². The summed E-state index contributed by atoms with van der Waals surface area (Å²) < 4.78 is 11.5. The Kier molecular flexibility index (Phi) is 7.29. The second-order valence-corrected chi connectivity index (χ2v) is 7.07. The molecule has 3 rings (SSSR count). The average Bonchev–Trinajstić information content (AvgIpc) is 2.74. The third-order valence-electron chi connectivity index (χ3n) is 4.74. The lowest BCUT2D eigenvalue weighted by Crippen LogP contribution is -2.29. The van der Waals surface area contributed by atoms with Crippen LogP contribution in [-0.4, -0.2) is 18.6 Å². The molecule has 0 aromatic heterocycles. The first-order valence-electron chi connectivity index (χ1n) is 10.1. The number of amides is 1. The average molecular weight is 390 g/mol. The van der Waals surface area contributed by atoms with Crippen LogP contribution >= 0.6 is 0 Å². The number of nitrogens with zero attached hydrogens (tertiary/aromatic N) is 1.